The maximum Gasteiger partial charge on any atom is 0.119 e. The van der Waals surface area contributed by atoms with Crippen LogP contribution in [0.1, 0.15) is 37.7 Å². The van der Waals surface area contributed by atoms with E-state index in [9.17, 15) is 0 Å². The van der Waals surface area contributed by atoms with E-state index in [1.165, 1.54) is 37.7 Å². The van der Waals surface area contributed by atoms with Crippen LogP contribution in [0.5, 0.6) is 5.75 Å². The van der Waals surface area contributed by atoms with E-state index in [-0.39, 0.29) is 5.38 Å². The predicted octanol–water partition coefficient (Wildman–Crippen LogP) is 4.43. The van der Waals surface area contributed by atoms with Gasteiger partial charge < -0.3 is 4.74 Å². The van der Waals surface area contributed by atoms with E-state index in [0.717, 1.165) is 18.1 Å². The van der Waals surface area contributed by atoms with Gasteiger partial charge in [0, 0.05) is 5.38 Å². The molecule has 1 saturated carbocycles. The van der Waals surface area contributed by atoms with Crippen molar-refractivity contribution in [2.75, 3.05) is 7.11 Å². The zero-order valence-electron chi connectivity index (χ0n) is 10.5. The smallest absolute Gasteiger partial charge is 0.119 e. The van der Waals surface area contributed by atoms with Gasteiger partial charge in [-0.15, -0.1) is 11.6 Å². The Kier molecular flexibility index (Phi) is 4.73. The summed E-state index contributed by atoms with van der Waals surface area (Å²) in [5.74, 6) is 1.79. The van der Waals surface area contributed by atoms with E-state index in [4.69, 9.17) is 16.3 Å². The summed E-state index contributed by atoms with van der Waals surface area (Å²) in [6, 6.07) is 8.23. The van der Waals surface area contributed by atoms with E-state index >= 15 is 0 Å². The molecule has 0 amide bonds. The molecule has 1 aliphatic carbocycles. The largest absolute Gasteiger partial charge is 0.497 e. The van der Waals surface area contributed by atoms with Crippen molar-refractivity contribution in [2.24, 2.45) is 5.92 Å². The van der Waals surface area contributed by atoms with Gasteiger partial charge in [-0.25, -0.2) is 0 Å². The van der Waals surface area contributed by atoms with Crippen LogP contribution in [-0.4, -0.2) is 12.5 Å². The Balaban J connectivity index is 1.85. The van der Waals surface area contributed by atoms with Crippen LogP contribution in [0.15, 0.2) is 24.3 Å². The van der Waals surface area contributed by atoms with E-state index in [1.807, 2.05) is 12.1 Å². The van der Waals surface area contributed by atoms with Crippen molar-refractivity contribution in [1.82, 2.24) is 0 Å². The average molecular weight is 253 g/mol. The number of halogens is 1. The van der Waals surface area contributed by atoms with Gasteiger partial charge >= 0.3 is 0 Å². The van der Waals surface area contributed by atoms with Gasteiger partial charge in [0.1, 0.15) is 5.75 Å². The molecule has 0 aliphatic heterocycles. The van der Waals surface area contributed by atoms with Gasteiger partial charge in [-0.3, -0.25) is 0 Å². The first-order valence-electron chi connectivity index (χ1n) is 6.55. The lowest BCUT2D eigenvalue weighted by Crippen LogP contribution is -2.09. The molecule has 1 atom stereocenters. The zero-order chi connectivity index (χ0) is 12.1. The molecule has 0 N–H and O–H groups in total. The maximum atomic E-state index is 6.45. The van der Waals surface area contributed by atoms with Gasteiger partial charge in [0.15, 0.2) is 0 Å². The highest BCUT2D eigenvalue weighted by molar-refractivity contribution is 6.20. The molecule has 1 unspecified atom stereocenters. The van der Waals surface area contributed by atoms with Crippen LogP contribution in [-0.2, 0) is 6.42 Å². The van der Waals surface area contributed by atoms with Crippen molar-refractivity contribution >= 4 is 11.6 Å². The summed E-state index contributed by atoms with van der Waals surface area (Å²) in [7, 11) is 1.70. The Labute approximate surface area is 109 Å². The molecule has 1 aromatic carbocycles. The number of benzene rings is 1. The molecule has 1 nitrogen and oxygen atoms in total. The first-order chi connectivity index (χ1) is 8.28. The minimum absolute atomic E-state index is 0.269. The molecule has 94 valence electrons. The summed E-state index contributed by atoms with van der Waals surface area (Å²) in [5.41, 5.74) is 1.28. The highest BCUT2D eigenvalue weighted by Gasteiger charge is 2.19. The molecule has 0 bridgehead atoms. The van der Waals surface area contributed by atoms with Crippen LogP contribution >= 0.6 is 11.6 Å². The Hall–Kier alpha value is -0.690. The molecular formula is C15H21ClO. The molecule has 2 heteroatoms. The fraction of sp³-hybridized carbons (Fsp3) is 0.600. The number of rotatable bonds is 5. The summed E-state index contributed by atoms with van der Waals surface area (Å²) in [6.07, 6.45) is 7.66. The van der Waals surface area contributed by atoms with Crippen LogP contribution in [0, 0.1) is 5.92 Å². The molecular weight excluding hydrogens is 232 g/mol. The first kappa shape index (κ1) is 12.8. The number of ether oxygens (including phenoxy) is 1. The van der Waals surface area contributed by atoms with Crippen LogP contribution in [0.4, 0.5) is 0 Å². The molecule has 1 fully saturated rings. The second-order valence-corrected chi connectivity index (χ2v) is 5.66. The molecule has 17 heavy (non-hydrogen) atoms. The Morgan fingerprint density at radius 2 is 2.12 bits per heavy atom. The quantitative estimate of drug-likeness (QED) is 0.705. The molecule has 2 rings (SSSR count). The molecule has 0 spiro atoms. The molecule has 0 heterocycles. The Morgan fingerprint density at radius 1 is 1.35 bits per heavy atom. The summed E-state index contributed by atoms with van der Waals surface area (Å²) in [5, 5.41) is 0.269. The van der Waals surface area contributed by atoms with Gasteiger partial charge in [0.05, 0.1) is 7.11 Å². The molecule has 1 aliphatic rings. The predicted molar refractivity (Wildman–Crippen MR) is 72.9 cm³/mol. The highest BCUT2D eigenvalue weighted by Crippen LogP contribution is 2.31. The lowest BCUT2D eigenvalue weighted by atomic mass is 9.98. The van der Waals surface area contributed by atoms with Crippen LogP contribution in [0.25, 0.3) is 0 Å². The van der Waals surface area contributed by atoms with Crippen molar-refractivity contribution in [3.05, 3.63) is 29.8 Å². The monoisotopic (exact) mass is 252 g/mol. The van der Waals surface area contributed by atoms with Gasteiger partial charge in [0.2, 0.25) is 0 Å². The van der Waals surface area contributed by atoms with Crippen molar-refractivity contribution in [1.29, 1.82) is 0 Å². The first-order valence-corrected chi connectivity index (χ1v) is 6.98. The standard InChI is InChI=1S/C15H21ClO/c1-17-15-8-4-7-13(11-15)10-14(16)9-12-5-2-3-6-12/h4,7-8,11-12,14H,2-3,5-6,9-10H2,1H3. The summed E-state index contributed by atoms with van der Waals surface area (Å²) in [6.45, 7) is 0. The summed E-state index contributed by atoms with van der Waals surface area (Å²) >= 11 is 6.45. The van der Waals surface area contributed by atoms with E-state index in [0.29, 0.717) is 0 Å². The molecule has 0 radical (unpaired) electrons. The lowest BCUT2D eigenvalue weighted by molar-refractivity contribution is 0.414. The number of hydrogen-bond donors (Lipinski definition) is 0. The fourth-order valence-corrected chi connectivity index (χ4v) is 3.18. The van der Waals surface area contributed by atoms with Crippen LogP contribution in [0.3, 0.4) is 0 Å². The third-order valence-electron chi connectivity index (χ3n) is 3.66. The molecule has 0 aromatic heterocycles. The van der Waals surface area contributed by atoms with E-state index in [1.54, 1.807) is 7.11 Å². The number of alkyl halides is 1. The van der Waals surface area contributed by atoms with E-state index in [2.05, 4.69) is 12.1 Å². The minimum atomic E-state index is 0.269. The van der Waals surface area contributed by atoms with Gasteiger partial charge in [-0.05, 0) is 36.5 Å². The third-order valence-corrected chi connectivity index (χ3v) is 3.99. The third kappa shape index (κ3) is 3.92. The van der Waals surface area contributed by atoms with Gasteiger partial charge in [-0.2, -0.15) is 0 Å². The Bertz CT molecular complexity index is 345. The van der Waals surface area contributed by atoms with Crippen molar-refractivity contribution in [3.8, 4) is 5.75 Å². The fourth-order valence-electron chi connectivity index (χ4n) is 2.75. The summed E-state index contributed by atoms with van der Waals surface area (Å²) in [4.78, 5) is 0. The second-order valence-electron chi connectivity index (χ2n) is 5.04. The topological polar surface area (TPSA) is 9.23 Å². The van der Waals surface area contributed by atoms with Gasteiger partial charge in [0.25, 0.3) is 0 Å². The average Bonchev–Trinajstić information content (AvgIpc) is 2.82. The number of methoxy groups -OCH3 is 1. The van der Waals surface area contributed by atoms with E-state index < -0.39 is 0 Å². The number of hydrogen-bond acceptors (Lipinski definition) is 1. The highest BCUT2D eigenvalue weighted by atomic mass is 35.5. The lowest BCUT2D eigenvalue weighted by Gasteiger charge is -2.14. The van der Waals surface area contributed by atoms with Crippen LogP contribution in [0.2, 0.25) is 0 Å². The SMILES string of the molecule is COc1cccc(CC(Cl)CC2CCCC2)c1. The van der Waals surface area contributed by atoms with Crippen molar-refractivity contribution in [2.45, 2.75) is 43.9 Å². The maximum absolute atomic E-state index is 6.45. The second kappa shape index (κ2) is 6.30. The summed E-state index contributed by atoms with van der Waals surface area (Å²) < 4.78 is 5.23. The zero-order valence-corrected chi connectivity index (χ0v) is 11.2. The van der Waals surface area contributed by atoms with Crippen molar-refractivity contribution in [3.63, 3.8) is 0 Å². The minimum Gasteiger partial charge on any atom is -0.497 e. The normalized spacial score (nSPS) is 18.2. The Morgan fingerprint density at radius 3 is 2.82 bits per heavy atom. The molecule has 1 aromatic rings. The van der Waals surface area contributed by atoms with Gasteiger partial charge in [-0.1, -0.05) is 37.8 Å². The molecule has 0 saturated heterocycles. The van der Waals surface area contributed by atoms with Crippen LogP contribution < -0.4 is 4.74 Å². The van der Waals surface area contributed by atoms with Crippen molar-refractivity contribution < 1.29 is 4.74 Å².